The Labute approximate surface area is 328 Å². The molecule has 0 unspecified atom stereocenters. The van der Waals surface area contributed by atoms with E-state index >= 15 is 0 Å². The predicted octanol–water partition coefficient (Wildman–Crippen LogP) is 0.206. The van der Waals surface area contributed by atoms with Gasteiger partial charge < -0.3 is 83.5 Å². The molecule has 10 atom stereocenters. The lowest BCUT2D eigenvalue weighted by Crippen LogP contribution is -2.63. The number of benzene rings is 3. The summed E-state index contributed by atoms with van der Waals surface area (Å²) in [7, 11) is 3.86. The van der Waals surface area contributed by atoms with Crippen LogP contribution in [0.4, 0.5) is 0 Å². The van der Waals surface area contributed by atoms with Gasteiger partial charge in [-0.25, -0.2) is 4.79 Å². The largest absolute Gasteiger partial charge is 0.508 e. The number of methoxy groups -OCH3 is 3. The number of hydrogen-bond acceptors (Lipinski definition) is 19. The molecule has 0 amide bonds. The number of rotatable bonds is 12. The average Bonchev–Trinajstić information content (AvgIpc) is 3.21. The number of carbonyl (C=O) groups excluding carboxylic acids is 1. The van der Waals surface area contributed by atoms with E-state index in [2.05, 4.69) is 0 Å². The molecule has 0 aliphatic carbocycles. The van der Waals surface area contributed by atoms with Crippen LogP contribution < -0.4 is 19.6 Å². The number of aliphatic hydroxyl groups is 6. The maximum absolute atomic E-state index is 13.5. The standard InChI is InChI=1S/C39H42O19/c1-51-21-13-22-28(19(42)12-20(55-22)17-5-7-18(41)8-6-17)33(47)29(21)37-38(35(49)31(45)25(14-40)56-37)58-39-36(50)34(48)32(46)26(57-39)15-54-27(43)9-4-16-10-23(52-2)30(44)24(11-16)53-3/h4-13,25-26,31-32,34-41,44-50H,14-15H2,1-3H3/b9-4+/t25-,26-,31+,32+,34-,35-,36+,37+,38+,39+/m0/s1. The van der Waals surface area contributed by atoms with E-state index in [0.717, 1.165) is 12.1 Å². The highest BCUT2D eigenvalue weighted by Gasteiger charge is 2.52. The number of aromatic hydroxyl groups is 3. The molecule has 2 aliphatic heterocycles. The number of phenolic OH excluding ortho intramolecular Hbond substituents is 3. The number of carbonyl (C=O) groups is 1. The molecule has 3 aromatic carbocycles. The molecule has 1 aromatic heterocycles. The summed E-state index contributed by atoms with van der Waals surface area (Å²) in [5.41, 5.74) is -0.367. The van der Waals surface area contributed by atoms with Gasteiger partial charge >= 0.3 is 5.97 Å². The molecule has 2 saturated heterocycles. The van der Waals surface area contributed by atoms with Crippen LogP contribution in [0.5, 0.6) is 34.5 Å². The van der Waals surface area contributed by atoms with E-state index in [1.807, 2.05) is 0 Å². The molecule has 0 saturated carbocycles. The molecule has 3 heterocycles. The number of phenols is 3. The molecule has 4 aromatic rings. The highest BCUT2D eigenvalue weighted by Crippen LogP contribution is 2.47. The molecule has 19 nitrogen and oxygen atoms in total. The molecule has 19 heteroatoms. The van der Waals surface area contributed by atoms with Crippen molar-refractivity contribution in [2.24, 2.45) is 0 Å². The van der Waals surface area contributed by atoms with Crippen LogP contribution in [0.2, 0.25) is 0 Å². The highest BCUT2D eigenvalue weighted by molar-refractivity contribution is 5.89. The van der Waals surface area contributed by atoms with Crippen LogP contribution >= 0.6 is 0 Å². The third-order valence-electron chi connectivity index (χ3n) is 9.78. The monoisotopic (exact) mass is 814 g/mol. The number of fused-ring (bicyclic) bond motifs is 1. The van der Waals surface area contributed by atoms with Crippen molar-refractivity contribution >= 4 is 23.0 Å². The molecule has 9 N–H and O–H groups in total. The van der Waals surface area contributed by atoms with E-state index in [-0.39, 0.29) is 51.0 Å². The van der Waals surface area contributed by atoms with Gasteiger partial charge in [0, 0.05) is 23.8 Å². The SMILES string of the molecule is COc1cc(/C=C/C(=O)OC[C@@H]2O[C@H](O[C@@H]3[C@@H](O)[C@H](O)[C@H](CO)O[C@@H]3c3c(OC)cc4oc(-c5ccc(O)cc5)cc(=O)c4c3O)[C@H](O)[C@@H](O)[C@@H]2O)cc(OC)c1O. The fraction of sp³-hybridized carbons (Fsp3) is 0.385. The Balaban J connectivity index is 1.27. The van der Waals surface area contributed by atoms with E-state index in [4.69, 9.17) is 37.6 Å². The van der Waals surface area contributed by atoms with Crippen LogP contribution in [-0.4, -0.2) is 142 Å². The van der Waals surface area contributed by atoms with Crippen molar-refractivity contribution in [2.75, 3.05) is 34.5 Å². The van der Waals surface area contributed by atoms with Crippen molar-refractivity contribution < 1.29 is 88.3 Å². The number of aliphatic hydroxyl groups excluding tert-OH is 6. The van der Waals surface area contributed by atoms with E-state index in [9.17, 15) is 55.5 Å². The van der Waals surface area contributed by atoms with Crippen LogP contribution in [-0.2, 0) is 23.7 Å². The lowest BCUT2D eigenvalue weighted by molar-refractivity contribution is -0.342. The summed E-state index contributed by atoms with van der Waals surface area (Å²) in [5.74, 6) is -1.91. The van der Waals surface area contributed by atoms with E-state index in [0.29, 0.717) is 11.1 Å². The molecule has 58 heavy (non-hydrogen) atoms. The molecular weight excluding hydrogens is 772 g/mol. The Morgan fingerprint density at radius 2 is 1.40 bits per heavy atom. The van der Waals surface area contributed by atoms with Crippen molar-refractivity contribution in [3.05, 3.63) is 76.0 Å². The van der Waals surface area contributed by atoms with E-state index in [1.54, 1.807) is 0 Å². The summed E-state index contributed by atoms with van der Waals surface area (Å²) < 4.78 is 44.5. The lowest BCUT2D eigenvalue weighted by atomic mass is 9.89. The molecule has 0 spiro atoms. The Kier molecular flexibility index (Phi) is 12.8. The van der Waals surface area contributed by atoms with E-state index < -0.39 is 91.6 Å². The number of ether oxygens (including phenoxy) is 7. The topological polar surface area (TPSA) is 294 Å². The first-order valence-corrected chi connectivity index (χ1v) is 17.7. The fourth-order valence-electron chi connectivity index (χ4n) is 6.69. The minimum Gasteiger partial charge on any atom is -0.508 e. The normalized spacial score (nSPS) is 27.4. The average molecular weight is 815 g/mol. The quantitative estimate of drug-likeness (QED) is 0.0682. The van der Waals surface area contributed by atoms with Gasteiger partial charge in [-0.1, -0.05) is 0 Å². The zero-order valence-corrected chi connectivity index (χ0v) is 31.1. The Morgan fingerprint density at radius 3 is 2.02 bits per heavy atom. The predicted molar refractivity (Wildman–Crippen MR) is 197 cm³/mol. The van der Waals surface area contributed by atoms with Crippen LogP contribution in [0.15, 0.2) is 63.8 Å². The second kappa shape index (κ2) is 17.6. The lowest BCUT2D eigenvalue weighted by Gasteiger charge is -2.46. The van der Waals surface area contributed by atoms with Crippen LogP contribution in [0.25, 0.3) is 28.4 Å². The van der Waals surface area contributed by atoms with Crippen LogP contribution in [0.3, 0.4) is 0 Å². The van der Waals surface area contributed by atoms with Gasteiger partial charge in [-0.2, -0.15) is 0 Å². The summed E-state index contributed by atoms with van der Waals surface area (Å²) in [6.07, 6.45) is -15.7. The molecule has 2 aliphatic rings. The highest BCUT2D eigenvalue weighted by atomic mass is 16.7. The first kappa shape index (κ1) is 42.1. The Bertz CT molecular complexity index is 2160. The third-order valence-corrected chi connectivity index (χ3v) is 9.78. The molecule has 0 bridgehead atoms. The van der Waals surface area contributed by atoms with Gasteiger partial charge in [-0.05, 0) is 48.0 Å². The second-order valence-corrected chi connectivity index (χ2v) is 13.3. The molecule has 312 valence electrons. The van der Waals surface area contributed by atoms with Gasteiger partial charge in [-0.15, -0.1) is 0 Å². The smallest absolute Gasteiger partial charge is 0.330 e. The van der Waals surface area contributed by atoms with Crippen molar-refractivity contribution in [3.8, 4) is 45.8 Å². The molecule has 2 fully saturated rings. The van der Waals surface area contributed by atoms with Gasteiger partial charge in [0.05, 0.1) is 33.5 Å². The number of hydrogen-bond donors (Lipinski definition) is 9. The Morgan fingerprint density at radius 1 is 0.759 bits per heavy atom. The zero-order chi connectivity index (χ0) is 42.0. The summed E-state index contributed by atoms with van der Waals surface area (Å²) in [4.78, 5) is 26.2. The van der Waals surface area contributed by atoms with Gasteiger partial charge in [0.1, 0.15) is 95.5 Å². The first-order chi connectivity index (χ1) is 27.7. The van der Waals surface area contributed by atoms with Gasteiger partial charge in [0.15, 0.2) is 23.2 Å². The van der Waals surface area contributed by atoms with E-state index in [1.165, 1.54) is 69.9 Å². The minimum atomic E-state index is -2.01. The molecular formula is C39H42O19. The third kappa shape index (κ3) is 8.25. The summed E-state index contributed by atoms with van der Waals surface area (Å²) >= 11 is 0. The zero-order valence-electron chi connectivity index (χ0n) is 31.1. The molecule has 0 radical (unpaired) electrons. The Hall–Kier alpha value is -5.48. The maximum atomic E-state index is 13.5. The summed E-state index contributed by atoms with van der Waals surface area (Å²) in [6.45, 7) is -1.53. The van der Waals surface area contributed by atoms with Crippen molar-refractivity contribution in [1.29, 1.82) is 0 Å². The van der Waals surface area contributed by atoms with Gasteiger partial charge in [0.2, 0.25) is 5.75 Å². The maximum Gasteiger partial charge on any atom is 0.330 e. The van der Waals surface area contributed by atoms with Crippen molar-refractivity contribution in [3.63, 3.8) is 0 Å². The fourth-order valence-corrected chi connectivity index (χ4v) is 6.69. The van der Waals surface area contributed by atoms with Gasteiger partial charge in [0.25, 0.3) is 0 Å². The minimum absolute atomic E-state index is 0.0242. The number of esters is 1. The molecule has 6 rings (SSSR count). The second-order valence-electron chi connectivity index (χ2n) is 13.3. The van der Waals surface area contributed by atoms with Crippen molar-refractivity contribution in [2.45, 2.75) is 61.2 Å². The summed E-state index contributed by atoms with van der Waals surface area (Å²) in [6, 6.07) is 11.0. The van der Waals surface area contributed by atoms with Crippen molar-refractivity contribution in [1.82, 2.24) is 0 Å². The van der Waals surface area contributed by atoms with Crippen LogP contribution in [0.1, 0.15) is 17.2 Å². The van der Waals surface area contributed by atoms with Crippen LogP contribution in [0, 0.1) is 0 Å². The van der Waals surface area contributed by atoms with Gasteiger partial charge in [-0.3, -0.25) is 4.79 Å². The first-order valence-electron chi connectivity index (χ1n) is 17.7. The summed E-state index contributed by atoms with van der Waals surface area (Å²) in [5, 5.41) is 95.8.